The van der Waals surface area contributed by atoms with E-state index >= 15 is 0 Å². The Bertz CT molecular complexity index is 73.4. The molecule has 0 rings (SSSR count). The first-order valence-electron chi connectivity index (χ1n) is 3.12. The molecule has 4 nitrogen and oxygen atoms in total. The van der Waals surface area contributed by atoms with Gasteiger partial charge in [-0.3, -0.25) is 5.84 Å². The molecule has 0 aliphatic rings. The molecule has 4 heteroatoms. The summed E-state index contributed by atoms with van der Waals surface area (Å²) < 4.78 is 0. The second-order valence-electron chi connectivity index (χ2n) is 2.18. The highest BCUT2D eigenvalue weighted by Gasteiger charge is 2.11. The van der Waals surface area contributed by atoms with Crippen molar-refractivity contribution in [1.29, 1.82) is 0 Å². The fourth-order valence-corrected chi connectivity index (χ4v) is 0.513. The first-order chi connectivity index (χ1) is 4.09. The minimum Gasteiger partial charge on any atom is -0.325 e. The molecule has 0 spiro atoms. The van der Waals surface area contributed by atoms with Gasteiger partial charge in [-0.25, -0.2) is 5.01 Å². The smallest absolute Gasteiger partial charge is 0.0855 e. The van der Waals surface area contributed by atoms with Crippen molar-refractivity contribution in [3.8, 4) is 0 Å². The van der Waals surface area contributed by atoms with Crippen LogP contribution in [-0.2, 0) is 0 Å². The molecule has 0 saturated carbocycles. The van der Waals surface area contributed by atoms with Gasteiger partial charge < -0.3 is 11.5 Å². The average molecular weight is 132 g/mol. The van der Waals surface area contributed by atoms with Gasteiger partial charge in [0.25, 0.3) is 0 Å². The van der Waals surface area contributed by atoms with Crippen molar-refractivity contribution in [3.05, 3.63) is 0 Å². The predicted octanol–water partition coefficient (Wildman–Crippen LogP) is -1.19. The molecule has 9 heavy (non-hydrogen) atoms. The van der Waals surface area contributed by atoms with Crippen LogP contribution in [0.3, 0.4) is 0 Å². The van der Waals surface area contributed by atoms with E-state index in [4.69, 9.17) is 17.3 Å². The standard InChI is InChI=1S/C5H16N4/c1-3-9(8)5(7)4(2)6/h4-5H,3,6-8H2,1-2H3. The van der Waals surface area contributed by atoms with Gasteiger partial charge in [0.2, 0.25) is 0 Å². The highest BCUT2D eigenvalue weighted by molar-refractivity contribution is 4.67. The SMILES string of the molecule is CCN(N)C(N)C(C)N. The van der Waals surface area contributed by atoms with Crippen LogP contribution in [0, 0.1) is 0 Å². The Morgan fingerprint density at radius 1 is 1.44 bits per heavy atom. The second-order valence-corrected chi connectivity index (χ2v) is 2.18. The molecule has 6 N–H and O–H groups in total. The Morgan fingerprint density at radius 2 is 1.89 bits per heavy atom. The van der Waals surface area contributed by atoms with Gasteiger partial charge in [0.15, 0.2) is 0 Å². The molecule has 2 atom stereocenters. The maximum Gasteiger partial charge on any atom is 0.0855 e. The molecule has 0 heterocycles. The summed E-state index contributed by atoms with van der Waals surface area (Å²) in [4.78, 5) is 0. The third-order valence-electron chi connectivity index (χ3n) is 1.29. The van der Waals surface area contributed by atoms with Crippen LogP contribution in [0.1, 0.15) is 13.8 Å². The molecule has 0 amide bonds. The van der Waals surface area contributed by atoms with Gasteiger partial charge >= 0.3 is 0 Å². The second kappa shape index (κ2) is 3.79. The Morgan fingerprint density at radius 3 is 2.00 bits per heavy atom. The molecule has 0 aromatic heterocycles. The van der Waals surface area contributed by atoms with Gasteiger partial charge in [-0.15, -0.1) is 0 Å². The molecule has 0 fully saturated rings. The van der Waals surface area contributed by atoms with E-state index in [0.29, 0.717) is 0 Å². The van der Waals surface area contributed by atoms with Crippen molar-refractivity contribution in [2.45, 2.75) is 26.1 Å². The van der Waals surface area contributed by atoms with Gasteiger partial charge in [0, 0.05) is 12.6 Å². The van der Waals surface area contributed by atoms with E-state index in [1.54, 1.807) is 0 Å². The fraction of sp³-hybridized carbons (Fsp3) is 1.00. The molecule has 0 bridgehead atoms. The van der Waals surface area contributed by atoms with Crippen molar-refractivity contribution in [2.24, 2.45) is 17.3 Å². The molecule has 56 valence electrons. The summed E-state index contributed by atoms with van der Waals surface area (Å²) in [6.45, 7) is 4.49. The zero-order chi connectivity index (χ0) is 7.44. The third-order valence-corrected chi connectivity index (χ3v) is 1.29. The largest absolute Gasteiger partial charge is 0.325 e. The quantitative estimate of drug-likeness (QED) is 0.256. The zero-order valence-corrected chi connectivity index (χ0v) is 6.04. The van der Waals surface area contributed by atoms with Crippen LogP contribution in [0.25, 0.3) is 0 Å². The third kappa shape index (κ3) is 2.76. The van der Waals surface area contributed by atoms with E-state index in [0.717, 1.165) is 6.54 Å². The zero-order valence-electron chi connectivity index (χ0n) is 6.04. The first kappa shape index (κ1) is 8.84. The van der Waals surface area contributed by atoms with E-state index in [9.17, 15) is 0 Å². The monoisotopic (exact) mass is 132 g/mol. The van der Waals surface area contributed by atoms with Crippen LogP contribution in [0.5, 0.6) is 0 Å². The van der Waals surface area contributed by atoms with Crippen molar-refractivity contribution in [1.82, 2.24) is 5.01 Å². The molecule has 0 aliphatic heterocycles. The molecule has 0 radical (unpaired) electrons. The summed E-state index contributed by atoms with van der Waals surface area (Å²) in [6, 6.07) is -0.0741. The average Bonchev–Trinajstić information content (AvgIpc) is 1.84. The number of nitrogens with zero attached hydrogens (tertiary/aromatic N) is 1. The summed E-state index contributed by atoms with van der Waals surface area (Å²) in [5.74, 6) is 5.45. The van der Waals surface area contributed by atoms with Crippen LogP contribution < -0.4 is 17.3 Å². The lowest BCUT2D eigenvalue weighted by Crippen LogP contribution is -2.55. The van der Waals surface area contributed by atoms with E-state index in [2.05, 4.69) is 0 Å². The van der Waals surface area contributed by atoms with Crippen LogP contribution in [0.2, 0.25) is 0 Å². The Kier molecular flexibility index (Phi) is 3.72. The van der Waals surface area contributed by atoms with Gasteiger partial charge in [-0.05, 0) is 6.92 Å². The first-order valence-corrected chi connectivity index (χ1v) is 3.12. The Hall–Kier alpha value is -0.160. The maximum atomic E-state index is 5.55. The molecule has 0 aliphatic carbocycles. The van der Waals surface area contributed by atoms with Crippen LogP contribution in [0.4, 0.5) is 0 Å². The van der Waals surface area contributed by atoms with Gasteiger partial charge in [-0.1, -0.05) is 6.92 Å². The van der Waals surface area contributed by atoms with E-state index in [-0.39, 0.29) is 12.2 Å². The highest BCUT2D eigenvalue weighted by atomic mass is 15.5. The number of rotatable bonds is 3. The number of nitrogens with two attached hydrogens (primary N) is 3. The lowest BCUT2D eigenvalue weighted by Gasteiger charge is -2.24. The van der Waals surface area contributed by atoms with E-state index < -0.39 is 0 Å². The summed E-state index contributed by atoms with van der Waals surface area (Å²) in [5.41, 5.74) is 11.0. The minimum absolute atomic E-state index is 0.0741. The normalized spacial score (nSPS) is 18.0. The maximum absolute atomic E-state index is 5.55. The van der Waals surface area contributed by atoms with Crippen molar-refractivity contribution in [3.63, 3.8) is 0 Å². The van der Waals surface area contributed by atoms with Gasteiger partial charge in [-0.2, -0.15) is 0 Å². The van der Waals surface area contributed by atoms with Gasteiger partial charge in [0.05, 0.1) is 6.17 Å². The molecular formula is C5H16N4. The van der Waals surface area contributed by atoms with Crippen LogP contribution in [0.15, 0.2) is 0 Å². The predicted molar refractivity (Wildman–Crippen MR) is 38.2 cm³/mol. The van der Waals surface area contributed by atoms with Crippen molar-refractivity contribution in [2.75, 3.05) is 6.54 Å². The van der Waals surface area contributed by atoms with Crippen LogP contribution >= 0.6 is 0 Å². The molecule has 2 unspecified atom stereocenters. The molecule has 0 aromatic rings. The van der Waals surface area contributed by atoms with Crippen LogP contribution in [-0.4, -0.2) is 23.8 Å². The fourth-order valence-electron chi connectivity index (χ4n) is 0.513. The van der Waals surface area contributed by atoms with E-state index in [1.807, 2.05) is 13.8 Å². The topological polar surface area (TPSA) is 81.3 Å². The number of hydrogen-bond acceptors (Lipinski definition) is 4. The lowest BCUT2D eigenvalue weighted by molar-refractivity contribution is 0.193. The molecule has 0 aromatic carbocycles. The van der Waals surface area contributed by atoms with Gasteiger partial charge in [0.1, 0.15) is 0 Å². The summed E-state index contributed by atoms with van der Waals surface area (Å²) in [5, 5.41) is 1.52. The van der Waals surface area contributed by atoms with Crippen molar-refractivity contribution < 1.29 is 0 Å². The number of hydrazine groups is 1. The summed E-state index contributed by atoms with van der Waals surface area (Å²) in [6.07, 6.45) is -0.227. The molecular weight excluding hydrogens is 116 g/mol. The summed E-state index contributed by atoms with van der Waals surface area (Å²) >= 11 is 0. The minimum atomic E-state index is -0.227. The molecule has 0 saturated heterocycles. The Labute approximate surface area is 55.9 Å². The Balaban J connectivity index is 3.58. The highest BCUT2D eigenvalue weighted by Crippen LogP contribution is 1.87. The summed E-state index contributed by atoms with van der Waals surface area (Å²) in [7, 11) is 0. The van der Waals surface area contributed by atoms with Crippen molar-refractivity contribution >= 4 is 0 Å². The number of hydrogen-bond donors (Lipinski definition) is 3. The number of likely N-dealkylation sites (N-methyl/N-ethyl adjacent to an activating group) is 1. The van der Waals surface area contributed by atoms with E-state index in [1.165, 1.54) is 5.01 Å². The lowest BCUT2D eigenvalue weighted by atomic mass is 10.3.